The second kappa shape index (κ2) is 13.7. The van der Waals surface area contributed by atoms with Crippen LogP contribution in [0.4, 0.5) is 21.0 Å². The molecule has 3 N–H and O–H groups in total. The third-order valence-electron chi connectivity index (χ3n) is 8.39. The summed E-state index contributed by atoms with van der Waals surface area (Å²) >= 11 is 0. The predicted molar refractivity (Wildman–Crippen MR) is 159 cm³/mol. The van der Waals surface area contributed by atoms with Crippen molar-refractivity contribution in [3.8, 4) is 0 Å². The standard InChI is InChI=1S/C31H43N5O5/c1-21-16-28(13-10-25(21)20-35-14-15-36(31(39)40)22(2)19-35)34(3)29(37)24-8-11-26(12-9-24)33-27-7-5-6-23(17-27)18-32-30(38)41-4/h5-7,10,13,16-17,22,24,26,33H,8-9,11-12,14-15,18-20H2,1-4H3,(H,32,38)(H,39,40)/t22-,24?,26?/m0/s1. The molecule has 2 aromatic carbocycles. The Hall–Kier alpha value is -3.79. The van der Waals surface area contributed by atoms with Gasteiger partial charge in [-0.1, -0.05) is 18.2 Å². The quantitative estimate of drug-likeness (QED) is 0.426. The number of alkyl carbamates (subject to hydrolysis) is 1. The molecule has 0 unspecified atom stereocenters. The van der Waals surface area contributed by atoms with Crippen LogP contribution in [0.15, 0.2) is 42.5 Å². The van der Waals surface area contributed by atoms with Crippen LogP contribution in [0.5, 0.6) is 0 Å². The number of ether oxygens (including phenoxy) is 1. The first-order valence-corrected chi connectivity index (χ1v) is 14.4. The highest BCUT2D eigenvalue weighted by Gasteiger charge is 2.30. The molecule has 0 spiro atoms. The van der Waals surface area contributed by atoms with Crippen LogP contribution in [-0.4, -0.2) is 78.9 Å². The van der Waals surface area contributed by atoms with E-state index in [0.717, 1.165) is 54.7 Å². The zero-order valence-electron chi connectivity index (χ0n) is 24.6. The normalized spacial score (nSPS) is 21.2. The number of anilines is 2. The van der Waals surface area contributed by atoms with E-state index < -0.39 is 12.2 Å². The zero-order valence-corrected chi connectivity index (χ0v) is 24.6. The van der Waals surface area contributed by atoms with Gasteiger partial charge in [0.1, 0.15) is 0 Å². The molecule has 3 amide bonds. The van der Waals surface area contributed by atoms with Gasteiger partial charge in [-0.3, -0.25) is 9.69 Å². The first kappa shape index (κ1) is 30.2. The monoisotopic (exact) mass is 565 g/mol. The Bertz CT molecular complexity index is 1230. The summed E-state index contributed by atoms with van der Waals surface area (Å²) in [6.45, 7) is 7.14. The highest BCUT2D eigenvalue weighted by molar-refractivity contribution is 5.94. The number of piperazine rings is 1. The van der Waals surface area contributed by atoms with Gasteiger partial charge in [0.25, 0.3) is 0 Å². The highest BCUT2D eigenvalue weighted by Crippen LogP contribution is 2.30. The van der Waals surface area contributed by atoms with Crippen LogP contribution in [0.1, 0.15) is 49.3 Å². The van der Waals surface area contributed by atoms with Crippen molar-refractivity contribution in [2.75, 3.05) is 44.0 Å². The van der Waals surface area contributed by atoms with E-state index in [1.165, 1.54) is 17.6 Å². The number of nitrogens with one attached hydrogen (secondary N) is 2. The molecule has 0 aromatic heterocycles. The lowest BCUT2D eigenvalue weighted by atomic mass is 9.85. The van der Waals surface area contributed by atoms with Gasteiger partial charge in [-0.25, -0.2) is 9.59 Å². The molecular formula is C31H43N5O5. The van der Waals surface area contributed by atoms with Crippen LogP contribution in [0.3, 0.4) is 0 Å². The predicted octanol–water partition coefficient (Wildman–Crippen LogP) is 4.67. The third-order valence-corrected chi connectivity index (χ3v) is 8.39. The summed E-state index contributed by atoms with van der Waals surface area (Å²) < 4.78 is 4.63. The van der Waals surface area contributed by atoms with Gasteiger partial charge >= 0.3 is 12.2 Å². The van der Waals surface area contributed by atoms with Crippen molar-refractivity contribution < 1.29 is 24.2 Å². The third kappa shape index (κ3) is 7.91. The molecule has 1 saturated carbocycles. The maximum Gasteiger partial charge on any atom is 0.407 e. The number of rotatable bonds is 8. The van der Waals surface area contributed by atoms with E-state index in [9.17, 15) is 19.5 Å². The molecule has 41 heavy (non-hydrogen) atoms. The summed E-state index contributed by atoms with van der Waals surface area (Å²) in [6, 6.07) is 14.4. The first-order valence-electron chi connectivity index (χ1n) is 14.4. The lowest BCUT2D eigenvalue weighted by Crippen LogP contribution is -2.53. The molecule has 1 aliphatic carbocycles. The van der Waals surface area contributed by atoms with Gasteiger partial charge in [0.2, 0.25) is 5.91 Å². The molecule has 1 aliphatic heterocycles. The average molecular weight is 566 g/mol. The number of benzene rings is 2. The van der Waals surface area contributed by atoms with Crippen LogP contribution in [0.25, 0.3) is 0 Å². The largest absolute Gasteiger partial charge is 0.465 e. The van der Waals surface area contributed by atoms with Gasteiger partial charge < -0.3 is 30.3 Å². The molecule has 10 nitrogen and oxygen atoms in total. The van der Waals surface area contributed by atoms with Crippen molar-refractivity contribution in [3.05, 3.63) is 59.2 Å². The van der Waals surface area contributed by atoms with Crippen molar-refractivity contribution in [2.24, 2.45) is 5.92 Å². The summed E-state index contributed by atoms with van der Waals surface area (Å²) in [4.78, 5) is 41.7. The van der Waals surface area contributed by atoms with Gasteiger partial charge in [-0.2, -0.15) is 0 Å². The van der Waals surface area contributed by atoms with E-state index in [1.807, 2.05) is 44.3 Å². The fraction of sp³-hybridized carbons (Fsp3) is 0.516. The fourth-order valence-electron chi connectivity index (χ4n) is 5.91. The number of carbonyl (C=O) groups excluding carboxylic acids is 2. The van der Waals surface area contributed by atoms with E-state index in [1.54, 1.807) is 4.90 Å². The Labute approximate surface area is 242 Å². The molecule has 10 heteroatoms. The molecule has 0 bridgehead atoms. The molecule has 222 valence electrons. The van der Waals surface area contributed by atoms with E-state index >= 15 is 0 Å². The van der Waals surface area contributed by atoms with Gasteiger partial charge in [-0.05, 0) is 80.5 Å². The molecule has 2 fully saturated rings. The van der Waals surface area contributed by atoms with Crippen molar-refractivity contribution in [1.29, 1.82) is 0 Å². The van der Waals surface area contributed by atoms with Crippen molar-refractivity contribution in [2.45, 2.75) is 64.7 Å². The molecular weight excluding hydrogens is 522 g/mol. The Morgan fingerprint density at radius 2 is 1.83 bits per heavy atom. The minimum atomic E-state index is -0.855. The van der Waals surface area contributed by atoms with Gasteiger partial charge in [0, 0.05) is 69.1 Å². The number of hydrogen-bond donors (Lipinski definition) is 3. The zero-order chi connectivity index (χ0) is 29.5. The molecule has 1 saturated heterocycles. The van der Waals surface area contributed by atoms with Gasteiger partial charge in [-0.15, -0.1) is 0 Å². The number of nitrogens with zero attached hydrogens (tertiary/aromatic N) is 3. The maximum atomic E-state index is 13.4. The van der Waals surface area contributed by atoms with Crippen molar-refractivity contribution in [1.82, 2.24) is 15.1 Å². The topological polar surface area (TPSA) is 114 Å². The van der Waals surface area contributed by atoms with E-state index in [-0.39, 0.29) is 17.9 Å². The number of aryl methyl sites for hydroxylation is 1. The lowest BCUT2D eigenvalue weighted by molar-refractivity contribution is -0.123. The second-order valence-electron chi connectivity index (χ2n) is 11.3. The maximum absolute atomic E-state index is 13.4. The molecule has 2 aliphatic rings. The van der Waals surface area contributed by atoms with Gasteiger partial charge in [0.05, 0.1) is 7.11 Å². The molecule has 2 aromatic rings. The number of methoxy groups -OCH3 is 1. The fourth-order valence-corrected chi connectivity index (χ4v) is 5.91. The average Bonchev–Trinajstić information content (AvgIpc) is 2.96. The van der Waals surface area contributed by atoms with Gasteiger partial charge in [0.15, 0.2) is 0 Å². The van der Waals surface area contributed by atoms with Crippen molar-refractivity contribution in [3.63, 3.8) is 0 Å². The molecule has 0 radical (unpaired) electrons. The van der Waals surface area contributed by atoms with E-state index in [4.69, 9.17) is 0 Å². The smallest absolute Gasteiger partial charge is 0.407 e. The second-order valence-corrected chi connectivity index (χ2v) is 11.3. The Morgan fingerprint density at radius 3 is 2.49 bits per heavy atom. The molecule has 1 heterocycles. The number of carboxylic acid groups (broad SMARTS) is 1. The highest BCUT2D eigenvalue weighted by atomic mass is 16.5. The summed E-state index contributed by atoms with van der Waals surface area (Å²) in [5.41, 5.74) is 5.23. The Balaban J connectivity index is 1.27. The summed E-state index contributed by atoms with van der Waals surface area (Å²) in [7, 11) is 3.21. The first-order chi connectivity index (χ1) is 19.6. The number of hydrogen-bond acceptors (Lipinski definition) is 6. The van der Waals surface area contributed by atoms with E-state index in [2.05, 4.69) is 39.3 Å². The Kier molecular flexibility index (Phi) is 10.1. The minimum absolute atomic E-state index is 0.000594. The van der Waals surface area contributed by atoms with Crippen LogP contribution >= 0.6 is 0 Å². The molecule has 4 rings (SSSR count). The molecule has 1 atom stereocenters. The summed E-state index contributed by atoms with van der Waals surface area (Å²) in [5.74, 6) is 0.158. The van der Waals surface area contributed by atoms with Crippen LogP contribution in [-0.2, 0) is 22.6 Å². The Morgan fingerprint density at radius 1 is 1.07 bits per heavy atom. The van der Waals surface area contributed by atoms with Crippen LogP contribution in [0, 0.1) is 12.8 Å². The number of amides is 3. The van der Waals surface area contributed by atoms with E-state index in [0.29, 0.717) is 32.2 Å². The van der Waals surface area contributed by atoms with Crippen LogP contribution < -0.4 is 15.5 Å². The summed E-state index contributed by atoms with van der Waals surface area (Å²) in [5, 5.41) is 15.6. The minimum Gasteiger partial charge on any atom is -0.465 e. The summed E-state index contributed by atoms with van der Waals surface area (Å²) in [6.07, 6.45) is 2.20. The van der Waals surface area contributed by atoms with Crippen molar-refractivity contribution >= 4 is 29.5 Å². The SMILES string of the molecule is COC(=O)NCc1cccc(NC2CCC(C(=O)N(C)c3ccc(CN4CCN(C(=O)O)[C@@H](C)C4)c(C)c3)CC2)c1. The lowest BCUT2D eigenvalue weighted by Gasteiger charge is -2.38. The van der Waals surface area contributed by atoms with Crippen LogP contribution in [0.2, 0.25) is 0 Å². The number of carbonyl (C=O) groups is 3.